The standard InChI is InChI=1S/C28H30N4O4/c1-36-27-10-6-5-9-25(27)30-15-16-31-24-12-11-22(32(34)35)17-21(24)18-23(26(31)19-30)28(33)29-14-13-20-7-3-2-4-8-20/h2-12,17,23,26H,13-16,18-19H2,1H3,(H,29,33)/t23-,26+/m0/s1. The van der Waals surface area contributed by atoms with E-state index in [1.807, 2.05) is 48.5 Å². The van der Waals surface area contributed by atoms with Gasteiger partial charge in [-0.15, -0.1) is 0 Å². The summed E-state index contributed by atoms with van der Waals surface area (Å²) < 4.78 is 5.60. The van der Waals surface area contributed by atoms with Gasteiger partial charge in [0.15, 0.2) is 0 Å². The van der Waals surface area contributed by atoms with Crippen molar-refractivity contribution in [1.82, 2.24) is 5.32 Å². The van der Waals surface area contributed by atoms with Crippen LogP contribution in [0.3, 0.4) is 0 Å². The maximum absolute atomic E-state index is 13.5. The van der Waals surface area contributed by atoms with E-state index in [9.17, 15) is 14.9 Å². The van der Waals surface area contributed by atoms with Crippen LogP contribution >= 0.6 is 0 Å². The van der Waals surface area contributed by atoms with Crippen LogP contribution in [-0.2, 0) is 17.6 Å². The number of hydrogen-bond acceptors (Lipinski definition) is 6. The van der Waals surface area contributed by atoms with E-state index in [2.05, 4.69) is 27.2 Å². The van der Waals surface area contributed by atoms with Gasteiger partial charge in [0, 0.05) is 44.0 Å². The van der Waals surface area contributed by atoms with Crippen LogP contribution < -0.4 is 19.9 Å². The lowest BCUT2D eigenvalue weighted by molar-refractivity contribution is -0.384. The average Bonchev–Trinajstić information content (AvgIpc) is 2.92. The first-order chi connectivity index (χ1) is 17.5. The first kappa shape index (κ1) is 23.7. The number of anilines is 2. The zero-order valence-corrected chi connectivity index (χ0v) is 20.3. The summed E-state index contributed by atoms with van der Waals surface area (Å²) in [4.78, 5) is 29.1. The molecule has 0 aliphatic carbocycles. The molecule has 0 unspecified atom stereocenters. The van der Waals surface area contributed by atoms with Gasteiger partial charge in [-0.25, -0.2) is 0 Å². The summed E-state index contributed by atoms with van der Waals surface area (Å²) in [7, 11) is 1.67. The Kier molecular flexibility index (Phi) is 6.75. The molecule has 5 rings (SSSR count). The molecule has 1 amide bonds. The minimum Gasteiger partial charge on any atom is -0.495 e. The fraction of sp³-hybridized carbons (Fsp3) is 0.321. The fourth-order valence-electron chi connectivity index (χ4n) is 5.44. The molecular formula is C28H30N4O4. The Morgan fingerprint density at radius 3 is 2.61 bits per heavy atom. The number of carbonyl (C=O) groups excluding carboxylic acids is 1. The van der Waals surface area contributed by atoms with Gasteiger partial charge in [-0.3, -0.25) is 14.9 Å². The first-order valence-electron chi connectivity index (χ1n) is 12.3. The number of benzene rings is 3. The number of non-ortho nitro benzene ring substituents is 1. The van der Waals surface area contributed by atoms with Crippen molar-refractivity contribution in [2.24, 2.45) is 5.92 Å². The van der Waals surface area contributed by atoms with Crippen LogP contribution in [0.1, 0.15) is 11.1 Å². The van der Waals surface area contributed by atoms with Gasteiger partial charge in [0.25, 0.3) is 5.69 Å². The Bertz CT molecular complexity index is 1250. The molecule has 186 valence electrons. The van der Waals surface area contributed by atoms with E-state index < -0.39 is 0 Å². The average molecular weight is 487 g/mol. The highest BCUT2D eigenvalue weighted by atomic mass is 16.6. The Morgan fingerprint density at radius 1 is 1.06 bits per heavy atom. The molecule has 0 spiro atoms. The molecule has 3 aromatic rings. The van der Waals surface area contributed by atoms with Crippen molar-refractivity contribution in [3.8, 4) is 5.75 Å². The van der Waals surface area contributed by atoms with E-state index in [4.69, 9.17) is 4.74 Å². The lowest BCUT2D eigenvalue weighted by Gasteiger charge is -2.49. The number of rotatable bonds is 7. The number of ether oxygens (including phenoxy) is 1. The zero-order valence-electron chi connectivity index (χ0n) is 20.3. The van der Waals surface area contributed by atoms with Gasteiger partial charge in [-0.2, -0.15) is 0 Å². The van der Waals surface area contributed by atoms with E-state index >= 15 is 0 Å². The van der Waals surface area contributed by atoms with Crippen molar-refractivity contribution in [2.45, 2.75) is 18.9 Å². The molecule has 1 N–H and O–H groups in total. The Balaban J connectivity index is 1.41. The lowest BCUT2D eigenvalue weighted by Crippen LogP contribution is -2.61. The molecule has 1 fully saturated rings. The number of nitro benzene ring substituents is 1. The number of piperazine rings is 1. The predicted molar refractivity (Wildman–Crippen MR) is 140 cm³/mol. The number of fused-ring (bicyclic) bond motifs is 3. The second kappa shape index (κ2) is 10.3. The third-order valence-corrected chi connectivity index (χ3v) is 7.22. The number of nitro groups is 1. The van der Waals surface area contributed by atoms with Gasteiger partial charge in [0.2, 0.25) is 5.91 Å². The number of para-hydroxylation sites is 2. The van der Waals surface area contributed by atoms with Gasteiger partial charge >= 0.3 is 0 Å². The van der Waals surface area contributed by atoms with Crippen LogP contribution in [0.5, 0.6) is 5.75 Å². The van der Waals surface area contributed by atoms with E-state index in [-0.39, 0.29) is 28.5 Å². The molecule has 2 aliphatic heterocycles. The maximum Gasteiger partial charge on any atom is 0.269 e. The third-order valence-electron chi connectivity index (χ3n) is 7.22. The van der Waals surface area contributed by atoms with Crippen LogP contribution in [0, 0.1) is 16.0 Å². The number of nitrogens with one attached hydrogen (secondary N) is 1. The number of nitrogens with zero attached hydrogens (tertiary/aromatic N) is 3. The normalized spacial score (nSPS) is 18.7. The number of amides is 1. The van der Waals surface area contributed by atoms with E-state index in [0.717, 1.165) is 35.7 Å². The molecule has 8 heteroatoms. The predicted octanol–water partition coefficient (Wildman–Crippen LogP) is 3.83. The lowest BCUT2D eigenvalue weighted by atomic mass is 9.83. The van der Waals surface area contributed by atoms with Crippen molar-refractivity contribution >= 4 is 23.0 Å². The molecule has 0 aromatic heterocycles. The minimum absolute atomic E-state index is 0.0139. The van der Waals surface area contributed by atoms with Crippen molar-refractivity contribution in [3.63, 3.8) is 0 Å². The van der Waals surface area contributed by atoms with Crippen molar-refractivity contribution in [3.05, 3.63) is 94.0 Å². The molecule has 1 saturated heterocycles. The fourth-order valence-corrected chi connectivity index (χ4v) is 5.44. The molecule has 2 atom stereocenters. The zero-order chi connectivity index (χ0) is 25.1. The number of hydrogen-bond donors (Lipinski definition) is 1. The van der Waals surface area contributed by atoms with Crippen molar-refractivity contribution < 1.29 is 14.5 Å². The molecule has 2 aliphatic rings. The molecule has 0 radical (unpaired) electrons. The van der Waals surface area contributed by atoms with Crippen LogP contribution in [0.4, 0.5) is 17.1 Å². The highest BCUT2D eigenvalue weighted by Crippen LogP contribution is 2.39. The minimum atomic E-state index is -0.374. The highest BCUT2D eigenvalue weighted by molar-refractivity contribution is 5.82. The van der Waals surface area contributed by atoms with Gasteiger partial charge in [0.1, 0.15) is 5.75 Å². The van der Waals surface area contributed by atoms with Gasteiger partial charge < -0.3 is 19.9 Å². The topological polar surface area (TPSA) is 87.9 Å². The van der Waals surface area contributed by atoms with Crippen LogP contribution in [0.2, 0.25) is 0 Å². The largest absolute Gasteiger partial charge is 0.495 e. The molecule has 36 heavy (non-hydrogen) atoms. The second-order valence-corrected chi connectivity index (χ2v) is 9.29. The monoisotopic (exact) mass is 486 g/mol. The maximum atomic E-state index is 13.5. The van der Waals surface area contributed by atoms with Crippen LogP contribution in [0.25, 0.3) is 0 Å². The molecule has 0 bridgehead atoms. The van der Waals surface area contributed by atoms with Crippen LogP contribution in [0.15, 0.2) is 72.8 Å². The summed E-state index contributed by atoms with van der Waals surface area (Å²) in [6.45, 7) is 2.68. The van der Waals surface area contributed by atoms with Crippen LogP contribution in [-0.4, -0.2) is 50.2 Å². The molecular weight excluding hydrogens is 456 g/mol. The second-order valence-electron chi connectivity index (χ2n) is 9.29. The quantitative estimate of drug-likeness (QED) is 0.403. The summed E-state index contributed by atoms with van der Waals surface area (Å²) in [6.07, 6.45) is 1.22. The Labute approximate surface area is 210 Å². The smallest absolute Gasteiger partial charge is 0.269 e. The first-order valence-corrected chi connectivity index (χ1v) is 12.3. The Morgan fingerprint density at radius 2 is 1.83 bits per heavy atom. The molecule has 2 heterocycles. The van der Waals surface area contributed by atoms with E-state index in [1.54, 1.807) is 19.2 Å². The highest BCUT2D eigenvalue weighted by Gasteiger charge is 2.42. The third kappa shape index (κ3) is 4.71. The number of carbonyl (C=O) groups is 1. The van der Waals surface area contributed by atoms with Crippen molar-refractivity contribution in [2.75, 3.05) is 43.1 Å². The molecule has 8 nitrogen and oxygen atoms in total. The summed E-state index contributed by atoms with van der Waals surface area (Å²) >= 11 is 0. The van der Waals surface area contributed by atoms with E-state index in [1.165, 1.54) is 5.56 Å². The molecule has 3 aromatic carbocycles. The van der Waals surface area contributed by atoms with E-state index in [0.29, 0.717) is 26.1 Å². The van der Waals surface area contributed by atoms with Gasteiger partial charge in [0.05, 0.1) is 29.7 Å². The number of methoxy groups -OCH3 is 1. The summed E-state index contributed by atoms with van der Waals surface area (Å²) in [5.41, 5.74) is 4.08. The summed E-state index contributed by atoms with van der Waals surface area (Å²) in [5, 5.41) is 14.6. The SMILES string of the molecule is COc1ccccc1N1CCN2c3ccc([N+](=O)[O-])cc3C[C@H](C(=O)NCCc3ccccc3)[C@H]2C1. The molecule has 0 saturated carbocycles. The summed E-state index contributed by atoms with van der Waals surface area (Å²) in [5.74, 6) is 0.467. The van der Waals surface area contributed by atoms with Gasteiger partial charge in [-0.05, 0) is 42.2 Å². The van der Waals surface area contributed by atoms with Gasteiger partial charge in [-0.1, -0.05) is 42.5 Å². The summed E-state index contributed by atoms with van der Waals surface area (Å²) in [6, 6.07) is 23.0. The van der Waals surface area contributed by atoms with Crippen molar-refractivity contribution in [1.29, 1.82) is 0 Å². The Hall–Kier alpha value is -4.07.